The number of ether oxygens (including phenoxy) is 3. The number of carbonyl (C=O) groups excluding carboxylic acids is 1. The average Bonchev–Trinajstić information content (AvgIpc) is 3.12. The molecule has 0 bridgehead atoms. The van der Waals surface area contributed by atoms with Crippen LogP contribution in [0.25, 0.3) is 0 Å². The van der Waals surface area contributed by atoms with Crippen molar-refractivity contribution >= 4 is 35.9 Å². The first-order chi connectivity index (χ1) is 12.7. The van der Waals surface area contributed by atoms with Crippen LogP contribution in [0.15, 0.2) is 23.2 Å². The van der Waals surface area contributed by atoms with Crippen LogP contribution in [-0.2, 0) is 16.0 Å². The number of fused-ring (bicyclic) bond motifs is 1. The number of unbranched alkanes of at least 4 members (excludes halogenated alkanes) is 2. The van der Waals surface area contributed by atoms with E-state index in [4.69, 9.17) is 9.47 Å². The highest BCUT2D eigenvalue weighted by Crippen LogP contribution is 2.32. The van der Waals surface area contributed by atoms with Gasteiger partial charge in [-0.15, -0.1) is 24.0 Å². The van der Waals surface area contributed by atoms with Crippen LogP contribution in [0.2, 0.25) is 0 Å². The van der Waals surface area contributed by atoms with Crippen molar-refractivity contribution in [2.24, 2.45) is 4.99 Å². The van der Waals surface area contributed by atoms with Crippen LogP contribution in [-0.4, -0.2) is 45.5 Å². The zero-order valence-corrected chi connectivity index (χ0v) is 18.4. The summed E-state index contributed by atoms with van der Waals surface area (Å²) in [4.78, 5) is 15.6. The first-order valence-electron chi connectivity index (χ1n) is 9.20. The van der Waals surface area contributed by atoms with E-state index < -0.39 is 0 Å². The molecule has 0 radical (unpaired) electrons. The molecule has 2 rings (SSSR count). The molecule has 1 aromatic carbocycles. The van der Waals surface area contributed by atoms with Gasteiger partial charge in [0, 0.05) is 26.1 Å². The smallest absolute Gasteiger partial charge is 0.305 e. The van der Waals surface area contributed by atoms with Crippen LogP contribution in [0.1, 0.15) is 38.2 Å². The van der Waals surface area contributed by atoms with Crippen molar-refractivity contribution in [3.63, 3.8) is 0 Å². The first-order valence-corrected chi connectivity index (χ1v) is 9.20. The number of hydrogen-bond acceptors (Lipinski definition) is 5. The van der Waals surface area contributed by atoms with Crippen molar-refractivity contribution < 1.29 is 19.0 Å². The molecule has 0 spiro atoms. The molecule has 0 fully saturated rings. The van der Waals surface area contributed by atoms with Crippen molar-refractivity contribution in [2.75, 3.05) is 33.5 Å². The highest BCUT2D eigenvalue weighted by atomic mass is 127. The second kappa shape index (κ2) is 13.5. The molecule has 0 unspecified atom stereocenters. The lowest BCUT2D eigenvalue weighted by molar-refractivity contribution is -0.140. The van der Waals surface area contributed by atoms with Gasteiger partial charge in [0.15, 0.2) is 17.5 Å². The van der Waals surface area contributed by atoms with Gasteiger partial charge in [0.1, 0.15) is 0 Å². The van der Waals surface area contributed by atoms with Gasteiger partial charge in [-0.3, -0.25) is 9.79 Å². The largest absolute Gasteiger partial charge is 0.469 e. The second-order valence-electron chi connectivity index (χ2n) is 6.01. The highest BCUT2D eigenvalue weighted by Gasteiger charge is 2.12. The Bertz CT molecular complexity index is 611. The standard InChI is InChI=1S/C19H29N3O4.HI/c1-3-20-19(21-11-6-4-5-7-18(23)24-2)22-12-10-15-8-9-16-17(13-15)26-14-25-16;/h8-9,13H,3-7,10-12,14H2,1-2H3,(H2,20,21,22);1H. The lowest BCUT2D eigenvalue weighted by Crippen LogP contribution is -2.38. The van der Waals surface area contributed by atoms with Gasteiger partial charge in [-0.05, 0) is 43.9 Å². The Kier molecular flexibility index (Phi) is 11.6. The topological polar surface area (TPSA) is 81.2 Å². The van der Waals surface area contributed by atoms with E-state index in [2.05, 4.69) is 26.4 Å². The normalized spacial score (nSPS) is 12.3. The molecule has 1 aliphatic heterocycles. The Balaban J connectivity index is 0.00000364. The molecule has 27 heavy (non-hydrogen) atoms. The van der Waals surface area contributed by atoms with Crippen molar-refractivity contribution in [1.82, 2.24) is 10.6 Å². The van der Waals surface area contributed by atoms with E-state index in [1.54, 1.807) is 0 Å². The maximum atomic E-state index is 11.1. The van der Waals surface area contributed by atoms with Gasteiger partial charge in [-0.25, -0.2) is 0 Å². The maximum absolute atomic E-state index is 11.1. The number of rotatable bonds is 10. The van der Waals surface area contributed by atoms with E-state index in [-0.39, 0.29) is 29.9 Å². The van der Waals surface area contributed by atoms with Gasteiger partial charge in [0.25, 0.3) is 0 Å². The number of hydrogen-bond donors (Lipinski definition) is 2. The average molecular weight is 491 g/mol. The fraction of sp³-hybridized carbons (Fsp3) is 0.579. The molecule has 0 amide bonds. The van der Waals surface area contributed by atoms with Gasteiger partial charge >= 0.3 is 5.97 Å². The minimum Gasteiger partial charge on any atom is -0.469 e. The fourth-order valence-electron chi connectivity index (χ4n) is 2.61. The third-order valence-electron chi connectivity index (χ3n) is 4.02. The van der Waals surface area contributed by atoms with E-state index in [9.17, 15) is 4.79 Å². The molecule has 0 aliphatic carbocycles. The molecule has 0 atom stereocenters. The number of carbonyl (C=O) groups is 1. The van der Waals surface area contributed by atoms with Crippen molar-refractivity contribution in [3.05, 3.63) is 23.8 Å². The number of guanidine groups is 1. The summed E-state index contributed by atoms with van der Waals surface area (Å²) in [5, 5.41) is 6.60. The third-order valence-corrected chi connectivity index (χ3v) is 4.02. The van der Waals surface area contributed by atoms with Gasteiger partial charge in [-0.2, -0.15) is 0 Å². The van der Waals surface area contributed by atoms with Crippen molar-refractivity contribution in [1.29, 1.82) is 0 Å². The number of methoxy groups -OCH3 is 1. The molecule has 7 nitrogen and oxygen atoms in total. The summed E-state index contributed by atoms with van der Waals surface area (Å²) < 4.78 is 15.4. The molecular formula is C19H30IN3O4. The van der Waals surface area contributed by atoms with Crippen molar-refractivity contribution in [2.45, 2.75) is 39.0 Å². The van der Waals surface area contributed by atoms with Gasteiger partial charge in [0.2, 0.25) is 6.79 Å². The van der Waals surface area contributed by atoms with Gasteiger partial charge in [0.05, 0.1) is 7.11 Å². The third kappa shape index (κ3) is 8.68. The molecule has 8 heteroatoms. The lowest BCUT2D eigenvalue weighted by Gasteiger charge is -2.11. The number of nitrogens with one attached hydrogen (secondary N) is 2. The molecule has 1 heterocycles. The summed E-state index contributed by atoms with van der Waals surface area (Å²) in [5.74, 6) is 2.30. The minimum absolute atomic E-state index is 0. The van der Waals surface area contributed by atoms with E-state index in [0.717, 1.165) is 62.8 Å². The number of esters is 1. The Morgan fingerprint density at radius 3 is 2.78 bits per heavy atom. The van der Waals surface area contributed by atoms with Crippen molar-refractivity contribution in [3.8, 4) is 11.5 Å². The van der Waals surface area contributed by atoms with Gasteiger partial charge in [-0.1, -0.05) is 12.5 Å². The predicted octanol–water partition coefficient (Wildman–Crippen LogP) is 2.86. The summed E-state index contributed by atoms with van der Waals surface area (Å²) in [6.07, 6.45) is 4.12. The summed E-state index contributed by atoms with van der Waals surface area (Å²) >= 11 is 0. The lowest BCUT2D eigenvalue weighted by atomic mass is 10.1. The Labute approximate surface area is 178 Å². The van der Waals surface area contributed by atoms with E-state index in [1.807, 2.05) is 19.1 Å². The highest BCUT2D eigenvalue weighted by molar-refractivity contribution is 14.0. The summed E-state index contributed by atoms with van der Waals surface area (Å²) in [7, 11) is 1.42. The zero-order valence-electron chi connectivity index (χ0n) is 16.1. The Hall–Kier alpha value is -1.71. The zero-order chi connectivity index (χ0) is 18.6. The molecule has 1 aromatic rings. The number of halogens is 1. The Morgan fingerprint density at radius 2 is 2.00 bits per heavy atom. The Morgan fingerprint density at radius 1 is 1.19 bits per heavy atom. The number of benzene rings is 1. The SMILES string of the molecule is CCNC(=NCCCCCC(=O)OC)NCCc1ccc2c(c1)OCO2.I. The molecule has 1 aliphatic rings. The summed E-state index contributed by atoms with van der Waals surface area (Å²) in [5.41, 5.74) is 1.19. The minimum atomic E-state index is -0.146. The quantitative estimate of drug-likeness (QED) is 0.172. The van der Waals surface area contributed by atoms with Gasteiger partial charge < -0.3 is 24.8 Å². The molecule has 0 saturated carbocycles. The number of nitrogens with zero attached hydrogens (tertiary/aromatic N) is 1. The summed E-state index contributed by atoms with van der Waals surface area (Å²) in [6, 6.07) is 6.03. The molecule has 152 valence electrons. The maximum Gasteiger partial charge on any atom is 0.305 e. The second-order valence-corrected chi connectivity index (χ2v) is 6.01. The molecule has 2 N–H and O–H groups in total. The van der Waals surface area contributed by atoms with Crippen LogP contribution in [0.4, 0.5) is 0 Å². The molecule has 0 saturated heterocycles. The monoisotopic (exact) mass is 491 g/mol. The molecular weight excluding hydrogens is 461 g/mol. The van der Waals surface area contributed by atoms with E-state index >= 15 is 0 Å². The van der Waals surface area contributed by atoms with E-state index in [0.29, 0.717) is 13.2 Å². The fourth-order valence-corrected chi connectivity index (χ4v) is 2.61. The first kappa shape index (κ1) is 23.3. The predicted molar refractivity (Wildman–Crippen MR) is 116 cm³/mol. The van der Waals surface area contributed by atoms with E-state index in [1.165, 1.54) is 12.7 Å². The number of aliphatic imine (C=N–C) groups is 1. The summed E-state index contributed by atoms with van der Waals surface area (Å²) in [6.45, 7) is 4.69. The van der Waals surface area contributed by atoms with Crippen LogP contribution < -0.4 is 20.1 Å². The van der Waals surface area contributed by atoms with Crippen LogP contribution in [0.5, 0.6) is 11.5 Å². The molecule has 0 aromatic heterocycles. The van der Waals surface area contributed by atoms with Crippen LogP contribution in [0.3, 0.4) is 0 Å². The van der Waals surface area contributed by atoms with Crippen LogP contribution >= 0.6 is 24.0 Å². The van der Waals surface area contributed by atoms with Crippen LogP contribution in [0, 0.1) is 0 Å².